The fourth-order valence-corrected chi connectivity index (χ4v) is 5.30. The number of pyridine rings is 1. The van der Waals surface area contributed by atoms with Crippen molar-refractivity contribution in [2.75, 3.05) is 0 Å². The van der Waals surface area contributed by atoms with Crippen LogP contribution in [-0.4, -0.2) is 18.0 Å². The normalized spacial score (nSPS) is 13.2. The molecule has 3 aromatic heterocycles. The average Bonchev–Trinajstić information content (AvgIpc) is 3.33. The topological polar surface area (TPSA) is 94.2 Å². The van der Waals surface area contributed by atoms with Crippen molar-refractivity contribution < 1.29 is 12.8 Å². The molecule has 0 bridgehead atoms. The van der Waals surface area contributed by atoms with Crippen LogP contribution in [0.1, 0.15) is 37.1 Å². The van der Waals surface area contributed by atoms with Gasteiger partial charge in [-0.25, -0.2) is 17.9 Å². The van der Waals surface area contributed by atoms with Crippen LogP contribution in [0, 0.1) is 0 Å². The molecular weight excluding hydrogens is 422 g/mol. The van der Waals surface area contributed by atoms with E-state index in [1.54, 1.807) is 35.9 Å². The number of hydrogen-bond donors (Lipinski definition) is 1. The standard InChI is InChI=1S/C21H21N3O4S2/c1-14(2)24-19-6-5-17(11-20(19)28-21(24)25)30(26,27)23-18(10-15-7-9-29-13-15)16-4-3-8-22-12-16/h3-9,11-14,18,23H,10H2,1-2H3/t18-/m1/s1. The number of oxazole rings is 1. The summed E-state index contributed by atoms with van der Waals surface area (Å²) in [5.74, 6) is -0.506. The zero-order valence-electron chi connectivity index (χ0n) is 16.5. The Labute approximate surface area is 178 Å². The van der Waals surface area contributed by atoms with Crippen LogP contribution in [0.4, 0.5) is 0 Å². The van der Waals surface area contributed by atoms with E-state index in [2.05, 4.69) is 9.71 Å². The summed E-state index contributed by atoms with van der Waals surface area (Å²) in [7, 11) is -3.87. The number of nitrogens with one attached hydrogen (secondary N) is 1. The van der Waals surface area contributed by atoms with Crippen LogP contribution in [-0.2, 0) is 16.4 Å². The lowest BCUT2D eigenvalue weighted by molar-refractivity contribution is 0.478. The lowest BCUT2D eigenvalue weighted by Gasteiger charge is -2.18. The van der Waals surface area contributed by atoms with Crippen molar-refractivity contribution in [2.45, 2.75) is 37.2 Å². The zero-order chi connectivity index (χ0) is 21.3. The number of hydrogen-bond acceptors (Lipinski definition) is 6. The van der Waals surface area contributed by atoms with Gasteiger partial charge in [-0.2, -0.15) is 11.3 Å². The molecule has 0 saturated carbocycles. The van der Waals surface area contributed by atoms with E-state index in [-0.39, 0.29) is 16.5 Å². The third-order valence-corrected chi connectivity index (χ3v) is 7.02. The molecule has 3 heterocycles. The van der Waals surface area contributed by atoms with Gasteiger partial charge in [-0.1, -0.05) is 6.07 Å². The molecule has 30 heavy (non-hydrogen) atoms. The molecule has 1 atom stereocenters. The number of sulfonamides is 1. The maximum absolute atomic E-state index is 13.2. The van der Waals surface area contributed by atoms with Crippen molar-refractivity contribution in [2.24, 2.45) is 0 Å². The van der Waals surface area contributed by atoms with E-state index in [4.69, 9.17) is 4.42 Å². The van der Waals surface area contributed by atoms with Gasteiger partial charge >= 0.3 is 5.76 Å². The fraction of sp³-hybridized carbons (Fsp3) is 0.238. The molecule has 0 unspecified atom stereocenters. The Morgan fingerprint density at radius 1 is 1.23 bits per heavy atom. The predicted molar refractivity (Wildman–Crippen MR) is 116 cm³/mol. The molecular formula is C21H21N3O4S2. The van der Waals surface area contributed by atoms with Crippen molar-refractivity contribution in [3.05, 3.63) is 81.2 Å². The number of fused-ring (bicyclic) bond motifs is 1. The summed E-state index contributed by atoms with van der Waals surface area (Å²) in [6.07, 6.45) is 3.80. The van der Waals surface area contributed by atoms with E-state index >= 15 is 0 Å². The van der Waals surface area contributed by atoms with Gasteiger partial charge in [-0.3, -0.25) is 9.55 Å². The fourth-order valence-electron chi connectivity index (χ4n) is 3.38. The van der Waals surface area contributed by atoms with Crippen LogP contribution in [0.15, 0.2) is 73.7 Å². The molecule has 0 aliphatic heterocycles. The Morgan fingerprint density at radius 3 is 2.73 bits per heavy atom. The first-order valence-corrected chi connectivity index (χ1v) is 11.9. The second-order valence-corrected chi connectivity index (χ2v) is 9.75. The molecule has 0 spiro atoms. The maximum Gasteiger partial charge on any atom is 0.420 e. The lowest BCUT2D eigenvalue weighted by Crippen LogP contribution is -2.30. The van der Waals surface area contributed by atoms with E-state index in [1.807, 2.05) is 36.7 Å². The maximum atomic E-state index is 13.2. The van der Waals surface area contributed by atoms with E-state index in [0.29, 0.717) is 11.9 Å². The molecule has 0 aliphatic carbocycles. The summed E-state index contributed by atoms with van der Waals surface area (Å²) >= 11 is 1.56. The third kappa shape index (κ3) is 4.09. The third-order valence-electron chi connectivity index (χ3n) is 4.82. The van der Waals surface area contributed by atoms with Crippen molar-refractivity contribution in [1.29, 1.82) is 0 Å². The Balaban J connectivity index is 1.70. The Bertz CT molecular complexity index is 1310. The summed E-state index contributed by atoms with van der Waals surface area (Å²) in [5, 5.41) is 3.95. The monoisotopic (exact) mass is 443 g/mol. The molecule has 0 fully saturated rings. The van der Waals surface area contributed by atoms with Crippen molar-refractivity contribution in [3.8, 4) is 0 Å². The summed E-state index contributed by atoms with van der Waals surface area (Å²) in [5.41, 5.74) is 2.61. The predicted octanol–water partition coefficient (Wildman–Crippen LogP) is 3.89. The highest BCUT2D eigenvalue weighted by atomic mass is 32.2. The molecule has 9 heteroatoms. The van der Waals surface area contributed by atoms with Crippen molar-refractivity contribution in [3.63, 3.8) is 0 Å². The number of aromatic nitrogens is 2. The van der Waals surface area contributed by atoms with Gasteiger partial charge in [0.2, 0.25) is 10.0 Å². The summed E-state index contributed by atoms with van der Waals surface area (Å²) in [4.78, 5) is 16.3. The summed E-state index contributed by atoms with van der Waals surface area (Å²) < 4.78 is 35.9. The van der Waals surface area contributed by atoms with Crippen LogP contribution in [0.5, 0.6) is 0 Å². The highest BCUT2D eigenvalue weighted by molar-refractivity contribution is 7.89. The molecule has 0 aliphatic rings. The minimum Gasteiger partial charge on any atom is -0.408 e. The molecule has 1 aromatic carbocycles. The van der Waals surface area contributed by atoms with Gasteiger partial charge in [-0.05, 0) is 66.4 Å². The molecule has 4 rings (SSSR count). The van der Waals surface area contributed by atoms with Gasteiger partial charge in [-0.15, -0.1) is 0 Å². The minimum absolute atomic E-state index is 0.0406. The van der Waals surface area contributed by atoms with Crippen LogP contribution in [0.25, 0.3) is 11.1 Å². The smallest absolute Gasteiger partial charge is 0.408 e. The molecule has 7 nitrogen and oxygen atoms in total. The lowest BCUT2D eigenvalue weighted by atomic mass is 10.0. The first-order valence-electron chi connectivity index (χ1n) is 9.43. The highest BCUT2D eigenvalue weighted by Crippen LogP contribution is 2.25. The second kappa shape index (κ2) is 8.17. The van der Waals surface area contributed by atoms with Gasteiger partial charge in [0.15, 0.2) is 5.58 Å². The number of nitrogens with zero attached hydrogens (tertiary/aromatic N) is 2. The average molecular weight is 444 g/mol. The van der Waals surface area contributed by atoms with Gasteiger partial charge < -0.3 is 4.42 Å². The van der Waals surface area contributed by atoms with E-state index in [0.717, 1.165) is 11.1 Å². The van der Waals surface area contributed by atoms with E-state index in [9.17, 15) is 13.2 Å². The number of thiophene rings is 1. The SMILES string of the molecule is CC(C)n1c(=O)oc2cc(S(=O)(=O)N[C@H](Cc3ccsc3)c3cccnc3)ccc21. The molecule has 0 amide bonds. The quantitative estimate of drug-likeness (QED) is 0.468. The molecule has 1 N–H and O–H groups in total. The molecule has 4 aromatic rings. The van der Waals surface area contributed by atoms with Crippen LogP contribution >= 0.6 is 11.3 Å². The Kier molecular flexibility index (Phi) is 5.59. The van der Waals surface area contributed by atoms with Gasteiger partial charge in [0.1, 0.15) is 0 Å². The van der Waals surface area contributed by atoms with Crippen LogP contribution < -0.4 is 10.5 Å². The second-order valence-electron chi connectivity index (χ2n) is 7.26. The van der Waals surface area contributed by atoms with E-state index in [1.165, 1.54) is 16.7 Å². The first-order chi connectivity index (χ1) is 14.3. The Hall–Kier alpha value is -2.75. The number of rotatable bonds is 7. The number of benzene rings is 1. The van der Waals surface area contributed by atoms with Gasteiger partial charge in [0.25, 0.3) is 0 Å². The Morgan fingerprint density at radius 2 is 2.07 bits per heavy atom. The van der Waals surface area contributed by atoms with Crippen LogP contribution in [0.2, 0.25) is 0 Å². The largest absolute Gasteiger partial charge is 0.420 e. The zero-order valence-corrected chi connectivity index (χ0v) is 18.1. The van der Waals surface area contributed by atoms with Crippen LogP contribution in [0.3, 0.4) is 0 Å². The van der Waals surface area contributed by atoms with Crippen molar-refractivity contribution >= 4 is 32.5 Å². The minimum atomic E-state index is -3.87. The molecule has 0 radical (unpaired) electrons. The first kappa shape index (κ1) is 20.5. The van der Waals surface area contributed by atoms with Crippen molar-refractivity contribution in [1.82, 2.24) is 14.3 Å². The van der Waals surface area contributed by atoms with E-state index < -0.39 is 21.8 Å². The van der Waals surface area contributed by atoms with Gasteiger partial charge in [0, 0.05) is 24.5 Å². The van der Waals surface area contributed by atoms with Gasteiger partial charge in [0.05, 0.1) is 16.5 Å². The highest BCUT2D eigenvalue weighted by Gasteiger charge is 2.24. The summed E-state index contributed by atoms with van der Waals surface area (Å²) in [6, 6.07) is 9.49. The molecule has 156 valence electrons. The molecule has 0 saturated heterocycles. The summed E-state index contributed by atoms with van der Waals surface area (Å²) in [6.45, 7) is 3.73.